The number of nitrogens with zero attached hydrogens (tertiary/aromatic N) is 1. The number of amides is 3. The Balaban J connectivity index is 2.04. The van der Waals surface area contributed by atoms with Gasteiger partial charge < -0.3 is 16.4 Å². The van der Waals surface area contributed by atoms with Crippen molar-refractivity contribution in [3.8, 4) is 0 Å². The van der Waals surface area contributed by atoms with Crippen LogP contribution in [0.1, 0.15) is 47.9 Å². The van der Waals surface area contributed by atoms with E-state index in [0.717, 1.165) is 11.1 Å². The van der Waals surface area contributed by atoms with Gasteiger partial charge in [0.2, 0.25) is 18.0 Å². The van der Waals surface area contributed by atoms with E-state index in [0.29, 0.717) is 11.1 Å². The number of para-hydroxylation sites is 1. The fourth-order valence-electron chi connectivity index (χ4n) is 4.67. The summed E-state index contributed by atoms with van der Waals surface area (Å²) in [5, 5.41) is 4.91. The van der Waals surface area contributed by atoms with E-state index in [1.165, 1.54) is 6.07 Å². The molecular weight excluding hydrogens is 578 g/mol. The maximum Gasteiger partial charge on any atom is 0.389 e. The third kappa shape index (κ3) is 8.69. The first-order valence-corrected chi connectivity index (χ1v) is 12.8. The van der Waals surface area contributed by atoms with Crippen molar-refractivity contribution in [1.29, 1.82) is 0 Å². The molecule has 0 aromatic heterocycles. The molecule has 1 heterocycles. The monoisotopic (exact) mass is 604 g/mol. The van der Waals surface area contributed by atoms with Crippen LogP contribution in [0.4, 0.5) is 32.0 Å². The van der Waals surface area contributed by atoms with Gasteiger partial charge in [0.15, 0.2) is 0 Å². The highest BCUT2D eigenvalue weighted by molar-refractivity contribution is 6.36. The fraction of sp³-hybridized carbons (Fsp3) is 0.407. The number of primary amides is 1. The van der Waals surface area contributed by atoms with Gasteiger partial charge in [-0.05, 0) is 44.9 Å². The number of carbonyl (C=O) groups is 3. The van der Waals surface area contributed by atoms with Crippen LogP contribution in [-0.2, 0) is 14.4 Å². The van der Waals surface area contributed by atoms with Crippen molar-refractivity contribution in [3.05, 3.63) is 63.7 Å². The second-order valence-corrected chi connectivity index (χ2v) is 10.2. The lowest BCUT2D eigenvalue weighted by Gasteiger charge is -2.26. The standard InChI is InChI=1S/C27H27ClF6N4O3/c1-13-10-14(2)12-15(11-13)20-18-4-3-5-19(28)21(18)37-25(41)23(36-20)38-24(40)17(7-9-27(32,33)34)16(22(35)39)6-8-26(29,30)31/h3-5,10-12,16-17,23H,6-9H2,1-2H3,(H2,35,39)(H,37,41)(H,38,40)/t16-,17+,23-/m1/s1. The van der Waals surface area contributed by atoms with Crippen LogP contribution in [-0.4, -0.2) is 42.0 Å². The van der Waals surface area contributed by atoms with Crippen molar-refractivity contribution in [2.45, 2.75) is 58.0 Å². The molecule has 0 radical (unpaired) electrons. The Bertz CT molecular complexity index is 1340. The number of hydrogen-bond donors (Lipinski definition) is 3. The Kier molecular flexibility index (Phi) is 9.73. The van der Waals surface area contributed by atoms with Crippen molar-refractivity contribution in [2.24, 2.45) is 22.6 Å². The molecule has 2 aromatic carbocycles. The van der Waals surface area contributed by atoms with Crippen molar-refractivity contribution < 1.29 is 40.7 Å². The molecule has 3 atom stereocenters. The van der Waals surface area contributed by atoms with E-state index in [4.69, 9.17) is 17.3 Å². The number of hydrogen-bond acceptors (Lipinski definition) is 4. The minimum Gasteiger partial charge on any atom is -0.369 e. The summed E-state index contributed by atoms with van der Waals surface area (Å²) in [6.45, 7) is 3.65. The first kappa shape index (κ1) is 31.9. The van der Waals surface area contributed by atoms with Gasteiger partial charge in [0.25, 0.3) is 5.91 Å². The second-order valence-electron chi connectivity index (χ2n) is 9.84. The van der Waals surface area contributed by atoms with E-state index in [9.17, 15) is 40.7 Å². The number of alkyl halides is 6. The molecule has 14 heteroatoms. The van der Waals surface area contributed by atoms with Crippen LogP contribution in [0.5, 0.6) is 0 Å². The van der Waals surface area contributed by atoms with Gasteiger partial charge in [-0.2, -0.15) is 26.3 Å². The smallest absolute Gasteiger partial charge is 0.369 e. The van der Waals surface area contributed by atoms with E-state index in [1.54, 1.807) is 24.3 Å². The van der Waals surface area contributed by atoms with Gasteiger partial charge in [-0.25, -0.2) is 4.99 Å². The number of fused-ring (bicyclic) bond motifs is 1. The summed E-state index contributed by atoms with van der Waals surface area (Å²) in [4.78, 5) is 42.9. The van der Waals surface area contributed by atoms with Gasteiger partial charge >= 0.3 is 12.4 Å². The molecule has 4 N–H and O–H groups in total. The number of halogens is 7. The van der Waals surface area contributed by atoms with Crippen molar-refractivity contribution in [3.63, 3.8) is 0 Å². The number of aryl methyl sites for hydroxylation is 2. The summed E-state index contributed by atoms with van der Waals surface area (Å²) in [6.07, 6.45) is -16.4. The molecule has 0 aliphatic carbocycles. The minimum atomic E-state index is -4.78. The van der Waals surface area contributed by atoms with Crippen LogP contribution in [0.25, 0.3) is 0 Å². The van der Waals surface area contributed by atoms with Gasteiger partial charge in [0.1, 0.15) is 0 Å². The van der Waals surface area contributed by atoms with Crippen LogP contribution < -0.4 is 16.4 Å². The van der Waals surface area contributed by atoms with Crippen molar-refractivity contribution in [2.75, 3.05) is 5.32 Å². The molecule has 7 nitrogen and oxygen atoms in total. The zero-order chi connectivity index (χ0) is 30.7. The van der Waals surface area contributed by atoms with E-state index >= 15 is 0 Å². The summed E-state index contributed by atoms with van der Waals surface area (Å²) in [5.41, 5.74) is 8.24. The van der Waals surface area contributed by atoms with Gasteiger partial charge in [-0.15, -0.1) is 0 Å². The Labute approximate surface area is 236 Å². The zero-order valence-electron chi connectivity index (χ0n) is 21.9. The molecule has 41 heavy (non-hydrogen) atoms. The molecule has 0 saturated heterocycles. The topological polar surface area (TPSA) is 114 Å². The maximum absolute atomic E-state index is 13.3. The number of aliphatic imine (C=N–C) groups is 1. The highest BCUT2D eigenvalue weighted by Gasteiger charge is 2.40. The molecule has 0 fully saturated rings. The zero-order valence-corrected chi connectivity index (χ0v) is 22.7. The molecule has 1 aliphatic rings. The third-order valence-corrected chi connectivity index (χ3v) is 6.78. The first-order chi connectivity index (χ1) is 18.9. The average molecular weight is 605 g/mol. The Morgan fingerprint density at radius 2 is 1.56 bits per heavy atom. The highest BCUT2D eigenvalue weighted by atomic mass is 35.5. The molecule has 3 rings (SSSR count). The van der Waals surface area contributed by atoms with Crippen LogP contribution in [0.3, 0.4) is 0 Å². The summed E-state index contributed by atoms with van der Waals surface area (Å²) >= 11 is 6.32. The Morgan fingerprint density at radius 3 is 2.10 bits per heavy atom. The SMILES string of the molecule is Cc1cc(C)cc(C2=N[C@H](NC(=O)[C@@H](CCC(F)(F)F)[C@@H](CCC(F)(F)F)C(N)=O)C(=O)Nc3c(Cl)cccc32)c1. The normalized spacial score (nSPS) is 17.0. The number of rotatable bonds is 9. The second kappa shape index (κ2) is 12.5. The third-order valence-electron chi connectivity index (χ3n) is 6.46. The lowest BCUT2D eigenvalue weighted by atomic mass is 9.83. The van der Waals surface area contributed by atoms with Crippen molar-refractivity contribution >= 4 is 40.7 Å². The molecule has 222 valence electrons. The van der Waals surface area contributed by atoms with Crippen LogP contribution in [0.15, 0.2) is 41.4 Å². The average Bonchev–Trinajstić information content (AvgIpc) is 2.96. The Hall–Kier alpha value is -3.61. The minimum absolute atomic E-state index is 0.142. The molecule has 0 bridgehead atoms. The van der Waals surface area contributed by atoms with Gasteiger partial charge in [0.05, 0.1) is 16.4 Å². The number of nitrogens with two attached hydrogens (primary N) is 1. The van der Waals surface area contributed by atoms with E-state index in [-0.39, 0.29) is 16.4 Å². The van der Waals surface area contributed by atoms with Crippen LogP contribution in [0.2, 0.25) is 5.02 Å². The molecule has 0 spiro atoms. The van der Waals surface area contributed by atoms with E-state index in [2.05, 4.69) is 15.6 Å². The largest absolute Gasteiger partial charge is 0.389 e. The summed E-state index contributed by atoms with van der Waals surface area (Å²) in [5.74, 6) is -7.37. The van der Waals surface area contributed by atoms with Crippen LogP contribution in [0, 0.1) is 25.7 Å². The van der Waals surface area contributed by atoms with Gasteiger partial charge in [-0.1, -0.05) is 40.9 Å². The number of benzodiazepines with no additional fused rings is 1. The first-order valence-electron chi connectivity index (χ1n) is 12.4. The van der Waals surface area contributed by atoms with Gasteiger partial charge in [0, 0.05) is 35.8 Å². The Morgan fingerprint density at radius 1 is 1.00 bits per heavy atom. The number of nitrogens with one attached hydrogen (secondary N) is 2. The quantitative estimate of drug-likeness (QED) is 0.324. The van der Waals surface area contributed by atoms with E-state index < -0.39 is 73.8 Å². The fourth-order valence-corrected chi connectivity index (χ4v) is 4.90. The summed E-state index contributed by atoms with van der Waals surface area (Å²) < 4.78 is 77.9. The van der Waals surface area contributed by atoms with Crippen LogP contribution >= 0.6 is 11.6 Å². The maximum atomic E-state index is 13.3. The molecule has 0 unspecified atom stereocenters. The molecule has 0 saturated carbocycles. The molecule has 3 amide bonds. The molecular formula is C27H27ClF6N4O3. The molecule has 2 aromatic rings. The van der Waals surface area contributed by atoms with Crippen molar-refractivity contribution in [1.82, 2.24) is 5.32 Å². The summed E-state index contributed by atoms with van der Waals surface area (Å²) in [6, 6.07) is 10.1. The van der Waals surface area contributed by atoms with E-state index in [1.807, 2.05) is 19.9 Å². The lowest BCUT2D eigenvalue weighted by Crippen LogP contribution is -2.48. The molecule has 1 aliphatic heterocycles. The number of anilines is 1. The van der Waals surface area contributed by atoms with Gasteiger partial charge in [-0.3, -0.25) is 14.4 Å². The predicted molar refractivity (Wildman–Crippen MR) is 140 cm³/mol. The number of carbonyl (C=O) groups excluding carboxylic acids is 3. The summed E-state index contributed by atoms with van der Waals surface area (Å²) in [7, 11) is 0. The predicted octanol–water partition coefficient (Wildman–Crippen LogP) is 5.59. The highest BCUT2D eigenvalue weighted by Crippen LogP contribution is 2.34. The number of benzene rings is 2. The lowest BCUT2D eigenvalue weighted by molar-refractivity contribution is -0.152.